The van der Waals surface area contributed by atoms with Gasteiger partial charge in [-0.05, 0) is 43.5 Å². The van der Waals surface area contributed by atoms with Crippen LogP contribution in [0.2, 0.25) is 0 Å². The summed E-state index contributed by atoms with van der Waals surface area (Å²) in [6.07, 6.45) is -1.96. The van der Waals surface area contributed by atoms with Gasteiger partial charge in [-0.2, -0.15) is 0 Å². The molecule has 0 saturated carbocycles. The van der Waals surface area contributed by atoms with Crippen molar-refractivity contribution in [3.8, 4) is 5.75 Å². The second-order valence-electron chi connectivity index (χ2n) is 5.79. The van der Waals surface area contributed by atoms with Crippen molar-refractivity contribution in [1.82, 2.24) is 15.1 Å². The molecule has 144 valence electrons. The fourth-order valence-electron chi connectivity index (χ4n) is 2.57. The molecule has 8 nitrogen and oxygen atoms in total. The monoisotopic (exact) mass is 384 g/mol. The minimum Gasteiger partial charge on any atom is -0.406 e. The Morgan fingerprint density at radius 2 is 1.74 bits per heavy atom. The molecule has 1 saturated heterocycles. The van der Waals surface area contributed by atoms with Gasteiger partial charge in [0.1, 0.15) is 5.75 Å². The Morgan fingerprint density at radius 3 is 2.37 bits per heavy atom. The SMILES string of the molecule is O=C(Nc1nnc(C(=O)N2CCCCC2)o1)c1ccc(OC(F)(F)F)cc1. The summed E-state index contributed by atoms with van der Waals surface area (Å²) >= 11 is 0. The lowest BCUT2D eigenvalue weighted by Gasteiger charge is -2.24. The predicted octanol–water partition coefficient (Wildman–Crippen LogP) is 2.85. The van der Waals surface area contributed by atoms with Gasteiger partial charge in [0, 0.05) is 18.7 Å². The average Bonchev–Trinajstić information content (AvgIpc) is 3.09. The number of likely N-dealkylation sites (tertiary alicyclic amines) is 1. The maximum atomic E-state index is 12.2. The van der Waals surface area contributed by atoms with E-state index in [1.54, 1.807) is 4.90 Å². The number of nitrogens with one attached hydrogen (secondary N) is 1. The third-order valence-electron chi connectivity index (χ3n) is 3.82. The molecule has 1 aromatic heterocycles. The Kier molecular flexibility index (Phi) is 5.28. The molecule has 1 N–H and O–H groups in total. The van der Waals surface area contributed by atoms with Crippen LogP contribution in [0.25, 0.3) is 0 Å². The normalized spacial score (nSPS) is 14.7. The van der Waals surface area contributed by atoms with Crippen LogP contribution in [0.3, 0.4) is 0 Å². The first-order valence-corrected chi connectivity index (χ1v) is 8.12. The van der Waals surface area contributed by atoms with Gasteiger partial charge in [-0.3, -0.25) is 14.9 Å². The molecule has 11 heteroatoms. The van der Waals surface area contributed by atoms with Crippen LogP contribution in [0.15, 0.2) is 28.7 Å². The first-order chi connectivity index (χ1) is 12.8. The Balaban J connectivity index is 1.61. The van der Waals surface area contributed by atoms with Crippen molar-refractivity contribution in [2.45, 2.75) is 25.6 Å². The number of benzene rings is 1. The van der Waals surface area contributed by atoms with Crippen LogP contribution in [0.4, 0.5) is 19.2 Å². The largest absolute Gasteiger partial charge is 0.573 e. The fraction of sp³-hybridized carbons (Fsp3) is 0.375. The molecular formula is C16H15F3N4O4. The number of hydrogen-bond acceptors (Lipinski definition) is 6. The summed E-state index contributed by atoms with van der Waals surface area (Å²) in [5, 5.41) is 9.51. The lowest BCUT2D eigenvalue weighted by atomic mass is 10.1. The van der Waals surface area contributed by atoms with Crippen LogP contribution >= 0.6 is 0 Å². The Bertz CT molecular complexity index is 814. The van der Waals surface area contributed by atoms with Crippen molar-refractivity contribution in [2.75, 3.05) is 18.4 Å². The number of anilines is 1. The van der Waals surface area contributed by atoms with Gasteiger partial charge in [-0.25, -0.2) is 0 Å². The number of ether oxygens (including phenoxy) is 1. The molecule has 0 aliphatic carbocycles. The zero-order valence-corrected chi connectivity index (χ0v) is 14.0. The topological polar surface area (TPSA) is 97.6 Å². The zero-order valence-electron chi connectivity index (χ0n) is 14.0. The van der Waals surface area contributed by atoms with Crippen molar-refractivity contribution in [3.63, 3.8) is 0 Å². The van der Waals surface area contributed by atoms with Crippen LogP contribution in [0.5, 0.6) is 5.75 Å². The summed E-state index contributed by atoms with van der Waals surface area (Å²) in [5.41, 5.74) is 0.0478. The molecular weight excluding hydrogens is 369 g/mol. The van der Waals surface area contributed by atoms with Crippen LogP contribution in [0.1, 0.15) is 40.3 Å². The third-order valence-corrected chi connectivity index (χ3v) is 3.82. The predicted molar refractivity (Wildman–Crippen MR) is 85.1 cm³/mol. The highest BCUT2D eigenvalue weighted by atomic mass is 19.4. The van der Waals surface area contributed by atoms with Gasteiger partial charge in [0.05, 0.1) is 0 Å². The van der Waals surface area contributed by atoms with Gasteiger partial charge in [0.25, 0.3) is 5.91 Å². The number of carbonyl (C=O) groups excluding carboxylic acids is 2. The average molecular weight is 384 g/mol. The van der Waals surface area contributed by atoms with Crippen molar-refractivity contribution < 1.29 is 31.9 Å². The van der Waals surface area contributed by atoms with E-state index in [0.29, 0.717) is 13.1 Å². The van der Waals surface area contributed by atoms with Crippen LogP contribution in [-0.4, -0.2) is 46.4 Å². The highest BCUT2D eigenvalue weighted by Crippen LogP contribution is 2.23. The van der Waals surface area contributed by atoms with Gasteiger partial charge in [-0.1, -0.05) is 5.10 Å². The van der Waals surface area contributed by atoms with E-state index in [1.807, 2.05) is 0 Å². The first kappa shape index (κ1) is 18.7. The van der Waals surface area contributed by atoms with Crippen molar-refractivity contribution in [1.29, 1.82) is 0 Å². The number of nitrogens with zero attached hydrogens (tertiary/aromatic N) is 3. The van der Waals surface area contributed by atoms with E-state index in [2.05, 4.69) is 20.3 Å². The number of aromatic nitrogens is 2. The van der Waals surface area contributed by atoms with Crippen LogP contribution in [0, 0.1) is 0 Å². The highest BCUT2D eigenvalue weighted by molar-refractivity contribution is 6.03. The number of halogens is 3. The molecule has 1 aromatic carbocycles. The number of alkyl halides is 3. The molecule has 0 spiro atoms. The lowest BCUT2D eigenvalue weighted by molar-refractivity contribution is -0.274. The molecule has 1 fully saturated rings. The molecule has 0 bridgehead atoms. The van der Waals surface area contributed by atoms with Crippen LogP contribution in [-0.2, 0) is 0 Å². The summed E-state index contributed by atoms with van der Waals surface area (Å²) in [5.74, 6) is -1.78. The molecule has 0 radical (unpaired) electrons. The van der Waals surface area contributed by atoms with Crippen molar-refractivity contribution >= 4 is 17.8 Å². The molecule has 2 amide bonds. The second-order valence-corrected chi connectivity index (χ2v) is 5.79. The molecule has 2 heterocycles. The fourth-order valence-corrected chi connectivity index (χ4v) is 2.57. The second kappa shape index (κ2) is 7.64. The van der Waals surface area contributed by atoms with Gasteiger partial charge in [0.2, 0.25) is 0 Å². The smallest absolute Gasteiger partial charge is 0.406 e. The molecule has 3 rings (SSSR count). The van der Waals surface area contributed by atoms with E-state index in [9.17, 15) is 22.8 Å². The van der Waals surface area contributed by atoms with E-state index in [0.717, 1.165) is 43.5 Å². The van der Waals surface area contributed by atoms with E-state index in [1.165, 1.54) is 0 Å². The van der Waals surface area contributed by atoms with Crippen molar-refractivity contribution in [2.24, 2.45) is 0 Å². The van der Waals surface area contributed by atoms with Crippen LogP contribution < -0.4 is 10.1 Å². The minimum absolute atomic E-state index is 0.0478. The summed E-state index contributed by atoms with van der Waals surface area (Å²) in [6.45, 7) is 1.21. The highest BCUT2D eigenvalue weighted by Gasteiger charge is 2.31. The minimum atomic E-state index is -4.81. The van der Waals surface area contributed by atoms with Gasteiger partial charge in [0.15, 0.2) is 0 Å². The van der Waals surface area contributed by atoms with E-state index in [-0.39, 0.29) is 17.5 Å². The van der Waals surface area contributed by atoms with Gasteiger partial charge < -0.3 is 14.1 Å². The first-order valence-electron chi connectivity index (χ1n) is 8.12. The Morgan fingerprint density at radius 1 is 1.07 bits per heavy atom. The third kappa shape index (κ3) is 4.96. The summed E-state index contributed by atoms with van der Waals surface area (Å²) in [4.78, 5) is 25.9. The molecule has 2 aromatic rings. The Labute approximate surface area is 151 Å². The quantitative estimate of drug-likeness (QED) is 0.871. The summed E-state index contributed by atoms with van der Waals surface area (Å²) < 4.78 is 45.3. The maximum Gasteiger partial charge on any atom is 0.573 e. The van der Waals surface area contributed by atoms with E-state index in [4.69, 9.17) is 4.42 Å². The van der Waals surface area contributed by atoms with Gasteiger partial charge in [-0.15, -0.1) is 18.3 Å². The number of rotatable bonds is 4. The van der Waals surface area contributed by atoms with E-state index < -0.39 is 23.9 Å². The molecule has 1 aliphatic rings. The number of amides is 2. The molecule has 27 heavy (non-hydrogen) atoms. The maximum absolute atomic E-state index is 12.2. The molecule has 0 unspecified atom stereocenters. The molecule has 0 atom stereocenters. The standard InChI is InChI=1S/C16H15F3N4O4/c17-16(18,19)27-11-6-4-10(5-7-11)12(24)20-15-22-21-13(26-15)14(25)23-8-2-1-3-9-23/h4-7H,1-3,8-9H2,(H,20,22,24). The number of carbonyl (C=O) groups is 2. The zero-order chi connectivity index (χ0) is 19.4. The Hall–Kier alpha value is -3.11. The number of hydrogen-bond donors (Lipinski definition) is 1. The van der Waals surface area contributed by atoms with E-state index >= 15 is 0 Å². The summed E-state index contributed by atoms with van der Waals surface area (Å²) in [7, 11) is 0. The van der Waals surface area contributed by atoms with Gasteiger partial charge >= 0.3 is 24.2 Å². The lowest BCUT2D eigenvalue weighted by Crippen LogP contribution is -2.35. The number of piperidine rings is 1. The summed E-state index contributed by atoms with van der Waals surface area (Å²) in [6, 6.07) is 4.01. The molecule has 1 aliphatic heterocycles. The van der Waals surface area contributed by atoms with Crippen molar-refractivity contribution in [3.05, 3.63) is 35.7 Å².